The number of nitrogens with one attached hydrogen (secondary N) is 1. The molecular formula is C12H16Br2N2O4. The highest BCUT2D eigenvalue weighted by Gasteiger charge is 2.16. The van der Waals surface area contributed by atoms with Crippen molar-refractivity contribution in [3.63, 3.8) is 0 Å². The number of nitro benzene ring substituents is 1. The van der Waals surface area contributed by atoms with Gasteiger partial charge in [0.05, 0.1) is 13.9 Å². The van der Waals surface area contributed by atoms with Crippen LogP contribution in [-0.2, 0) is 0 Å². The van der Waals surface area contributed by atoms with E-state index < -0.39 is 11.0 Å². The van der Waals surface area contributed by atoms with Crippen molar-refractivity contribution in [2.45, 2.75) is 26.0 Å². The van der Waals surface area contributed by atoms with Gasteiger partial charge >= 0.3 is 0 Å². The Balaban J connectivity index is 2.66. The summed E-state index contributed by atoms with van der Waals surface area (Å²) in [4.78, 5) is 10.2. The Morgan fingerprint density at radius 1 is 1.40 bits per heavy atom. The lowest BCUT2D eigenvalue weighted by atomic mass is 10.3. The summed E-state index contributed by atoms with van der Waals surface area (Å²) in [6.07, 6.45) is -0.661. The third-order valence-corrected chi connectivity index (χ3v) is 3.55. The average molecular weight is 412 g/mol. The molecule has 0 aliphatic rings. The van der Waals surface area contributed by atoms with Gasteiger partial charge in [0, 0.05) is 24.7 Å². The molecule has 1 aromatic rings. The van der Waals surface area contributed by atoms with Gasteiger partial charge in [-0.25, -0.2) is 0 Å². The predicted molar refractivity (Wildman–Crippen MR) is 83.1 cm³/mol. The van der Waals surface area contributed by atoms with E-state index in [1.165, 1.54) is 12.1 Å². The van der Waals surface area contributed by atoms with Crippen molar-refractivity contribution in [2.75, 3.05) is 13.2 Å². The zero-order valence-electron chi connectivity index (χ0n) is 11.1. The molecule has 0 spiro atoms. The smallest absolute Gasteiger partial charge is 0.271 e. The Bertz CT molecular complexity index is 460. The molecule has 0 aromatic heterocycles. The minimum absolute atomic E-state index is 0.0434. The molecule has 112 valence electrons. The van der Waals surface area contributed by atoms with Crippen LogP contribution in [0.2, 0.25) is 0 Å². The third kappa shape index (κ3) is 5.35. The Hall–Kier alpha value is -0.700. The Kier molecular flexibility index (Phi) is 6.87. The molecule has 0 saturated heterocycles. The topological polar surface area (TPSA) is 84.6 Å². The van der Waals surface area contributed by atoms with Crippen LogP contribution in [0.15, 0.2) is 21.1 Å². The second-order valence-electron chi connectivity index (χ2n) is 4.52. The minimum Gasteiger partial charge on any atom is -0.488 e. The van der Waals surface area contributed by atoms with E-state index in [0.29, 0.717) is 21.2 Å². The highest BCUT2D eigenvalue weighted by Crippen LogP contribution is 2.37. The standard InChI is InChI=1S/C12H16Br2N2O4/c1-7(2)15-5-9(17)6-20-12-10(13)3-8(16(18)19)4-11(12)14/h3-4,7,9,15,17H,5-6H2,1-2H3. The van der Waals surface area contributed by atoms with E-state index >= 15 is 0 Å². The van der Waals surface area contributed by atoms with Crippen LogP contribution in [0.5, 0.6) is 5.75 Å². The van der Waals surface area contributed by atoms with Gasteiger partial charge in [-0.05, 0) is 31.9 Å². The van der Waals surface area contributed by atoms with Gasteiger partial charge in [-0.15, -0.1) is 0 Å². The van der Waals surface area contributed by atoms with Crippen molar-refractivity contribution in [1.82, 2.24) is 5.32 Å². The minimum atomic E-state index is -0.661. The van der Waals surface area contributed by atoms with Crippen molar-refractivity contribution in [2.24, 2.45) is 0 Å². The molecule has 0 fully saturated rings. The lowest BCUT2D eigenvalue weighted by molar-refractivity contribution is -0.385. The first-order valence-electron chi connectivity index (χ1n) is 5.99. The van der Waals surface area contributed by atoms with Crippen LogP contribution >= 0.6 is 31.9 Å². The van der Waals surface area contributed by atoms with Crippen molar-refractivity contribution in [1.29, 1.82) is 0 Å². The zero-order chi connectivity index (χ0) is 15.3. The molecule has 6 nitrogen and oxygen atoms in total. The molecule has 0 saturated carbocycles. The highest BCUT2D eigenvalue weighted by molar-refractivity contribution is 9.11. The van der Waals surface area contributed by atoms with Gasteiger partial charge in [0.2, 0.25) is 0 Å². The third-order valence-electron chi connectivity index (χ3n) is 2.38. The molecular weight excluding hydrogens is 396 g/mol. The number of halogens is 2. The molecule has 0 bridgehead atoms. The number of nitro groups is 1. The molecule has 0 aliphatic carbocycles. The largest absolute Gasteiger partial charge is 0.488 e. The number of rotatable bonds is 7. The molecule has 8 heteroatoms. The molecule has 1 rings (SSSR count). The lowest BCUT2D eigenvalue weighted by Crippen LogP contribution is -2.35. The van der Waals surface area contributed by atoms with Crippen LogP contribution in [0.1, 0.15) is 13.8 Å². The van der Waals surface area contributed by atoms with E-state index in [1.54, 1.807) is 0 Å². The molecule has 1 unspecified atom stereocenters. The number of benzene rings is 1. The maximum Gasteiger partial charge on any atom is 0.271 e. The van der Waals surface area contributed by atoms with E-state index in [0.717, 1.165) is 0 Å². The molecule has 0 radical (unpaired) electrons. The molecule has 1 aromatic carbocycles. The summed E-state index contributed by atoms with van der Waals surface area (Å²) >= 11 is 6.44. The maximum absolute atomic E-state index is 10.7. The number of non-ortho nitro benzene ring substituents is 1. The number of hydrogen-bond donors (Lipinski definition) is 2. The van der Waals surface area contributed by atoms with Gasteiger partial charge < -0.3 is 15.2 Å². The van der Waals surface area contributed by atoms with Crippen molar-refractivity contribution in [3.8, 4) is 5.75 Å². The number of hydrogen-bond acceptors (Lipinski definition) is 5. The van der Waals surface area contributed by atoms with E-state index in [9.17, 15) is 15.2 Å². The second kappa shape index (κ2) is 7.92. The van der Waals surface area contributed by atoms with Crippen LogP contribution in [-0.4, -0.2) is 35.3 Å². The molecule has 0 aliphatic heterocycles. The van der Waals surface area contributed by atoms with Gasteiger partial charge in [-0.3, -0.25) is 10.1 Å². The zero-order valence-corrected chi connectivity index (χ0v) is 14.3. The quantitative estimate of drug-likeness (QED) is 0.532. The van der Waals surface area contributed by atoms with E-state index in [1.807, 2.05) is 13.8 Å². The van der Waals surface area contributed by atoms with Crippen LogP contribution in [0, 0.1) is 10.1 Å². The van der Waals surface area contributed by atoms with E-state index in [4.69, 9.17) is 4.74 Å². The number of ether oxygens (including phenoxy) is 1. The first-order chi connectivity index (χ1) is 9.31. The summed E-state index contributed by atoms with van der Waals surface area (Å²) in [5, 5.41) is 23.6. The van der Waals surface area contributed by atoms with E-state index in [-0.39, 0.29) is 18.3 Å². The molecule has 0 amide bonds. The van der Waals surface area contributed by atoms with Gasteiger partial charge in [0.1, 0.15) is 18.5 Å². The number of aliphatic hydroxyl groups excluding tert-OH is 1. The average Bonchev–Trinajstić information content (AvgIpc) is 2.34. The molecule has 2 N–H and O–H groups in total. The summed E-state index contributed by atoms with van der Waals surface area (Å²) in [6, 6.07) is 3.00. The van der Waals surface area contributed by atoms with Gasteiger partial charge in [-0.1, -0.05) is 13.8 Å². The number of nitrogens with zero attached hydrogens (tertiary/aromatic N) is 1. The fourth-order valence-corrected chi connectivity index (χ4v) is 2.79. The van der Waals surface area contributed by atoms with Gasteiger partial charge in [0.15, 0.2) is 0 Å². The first-order valence-corrected chi connectivity index (χ1v) is 7.57. The highest BCUT2D eigenvalue weighted by atomic mass is 79.9. The Labute approximate surface area is 133 Å². The Morgan fingerprint density at radius 2 is 1.95 bits per heavy atom. The molecule has 1 atom stereocenters. The van der Waals surface area contributed by atoms with E-state index in [2.05, 4.69) is 37.2 Å². The van der Waals surface area contributed by atoms with Gasteiger partial charge in [-0.2, -0.15) is 0 Å². The summed E-state index contributed by atoms with van der Waals surface area (Å²) in [7, 11) is 0. The first kappa shape index (κ1) is 17.4. The summed E-state index contributed by atoms with van der Waals surface area (Å²) in [6.45, 7) is 4.47. The fourth-order valence-electron chi connectivity index (χ4n) is 1.40. The SMILES string of the molecule is CC(C)NCC(O)COc1c(Br)cc([N+](=O)[O-])cc1Br. The van der Waals surface area contributed by atoms with Crippen molar-refractivity contribution >= 4 is 37.5 Å². The second-order valence-corrected chi connectivity index (χ2v) is 6.23. The maximum atomic E-state index is 10.7. The molecule has 0 heterocycles. The van der Waals surface area contributed by atoms with Crippen molar-refractivity contribution < 1.29 is 14.8 Å². The Morgan fingerprint density at radius 3 is 2.40 bits per heavy atom. The summed E-state index contributed by atoms with van der Waals surface area (Å²) in [5.74, 6) is 0.430. The summed E-state index contributed by atoms with van der Waals surface area (Å²) in [5.41, 5.74) is -0.0434. The predicted octanol–water partition coefficient (Wildman–Crippen LogP) is 2.86. The summed E-state index contributed by atoms with van der Waals surface area (Å²) < 4.78 is 6.41. The van der Waals surface area contributed by atoms with Crippen LogP contribution in [0.3, 0.4) is 0 Å². The monoisotopic (exact) mass is 410 g/mol. The van der Waals surface area contributed by atoms with Crippen LogP contribution in [0.25, 0.3) is 0 Å². The number of aliphatic hydroxyl groups is 1. The van der Waals surface area contributed by atoms with Gasteiger partial charge in [0.25, 0.3) is 5.69 Å². The van der Waals surface area contributed by atoms with Crippen LogP contribution < -0.4 is 10.1 Å². The van der Waals surface area contributed by atoms with Crippen molar-refractivity contribution in [3.05, 3.63) is 31.2 Å². The lowest BCUT2D eigenvalue weighted by Gasteiger charge is -2.16. The molecule has 20 heavy (non-hydrogen) atoms. The normalized spacial score (nSPS) is 12.5. The van der Waals surface area contributed by atoms with Crippen LogP contribution in [0.4, 0.5) is 5.69 Å². The fraction of sp³-hybridized carbons (Fsp3) is 0.500.